The van der Waals surface area contributed by atoms with Crippen molar-refractivity contribution in [2.24, 2.45) is 5.41 Å². The number of nitriles is 2. The fourth-order valence-corrected chi connectivity index (χ4v) is 1.99. The van der Waals surface area contributed by atoms with Gasteiger partial charge in [0.1, 0.15) is 12.1 Å². The third kappa shape index (κ3) is 2.80. The SMILES string of the molecule is C[C@@H](Nc1c(C#N)cnc2c(C#N)cccc12)C(C)(C)C. The molecule has 1 aromatic heterocycles. The lowest BCUT2D eigenvalue weighted by molar-refractivity contribution is 0.359. The first-order valence-corrected chi connectivity index (χ1v) is 6.87. The van der Waals surface area contributed by atoms with E-state index < -0.39 is 0 Å². The van der Waals surface area contributed by atoms with Gasteiger partial charge in [0.25, 0.3) is 0 Å². The minimum Gasteiger partial charge on any atom is -0.380 e. The Bertz CT molecular complexity index is 757. The molecule has 0 aliphatic carbocycles. The molecule has 1 heterocycles. The molecule has 0 bridgehead atoms. The van der Waals surface area contributed by atoms with Crippen molar-refractivity contribution in [2.45, 2.75) is 33.7 Å². The van der Waals surface area contributed by atoms with Gasteiger partial charge in [-0.1, -0.05) is 32.9 Å². The van der Waals surface area contributed by atoms with Gasteiger partial charge in [0.05, 0.1) is 22.3 Å². The Labute approximate surface area is 125 Å². The van der Waals surface area contributed by atoms with Gasteiger partial charge in [-0.15, -0.1) is 0 Å². The maximum Gasteiger partial charge on any atom is 0.103 e. The average molecular weight is 278 g/mol. The summed E-state index contributed by atoms with van der Waals surface area (Å²) < 4.78 is 0. The maximum absolute atomic E-state index is 9.33. The number of aromatic nitrogens is 1. The van der Waals surface area contributed by atoms with Gasteiger partial charge >= 0.3 is 0 Å². The Balaban J connectivity index is 2.66. The summed E-state index contributed by atoms with van der Waals surface area (Å²) in [6.07, 6.45) is 1.53. The Kier molecular flexibility index (Phi) is 3.82. The quantitative estimate of drug-likeness (QED) is 0.906. The number of rotatable bonds is 2. The highest BCUT2D eigenvalue weighted by atomic mass is 14.9. The van der Waals surface area contributed by atoms with Gasteiger partial charge in [-0.25, -0.2) is 0 Å². The molecule has 0 aliphatic heterocycles. The summed E-state index contributed by atoms with van der Waals surface area (Å²) in [5.74, 6) is 0. The van der Waals surface area contributed by atoms with Crippen LogP contribution in [-0.4, -0.2) is 11.0 Å². The molecule has 2 rings (SSSR count). The molecule has 21 heavy (non-hydrogen) atoms. The molecule has 0 amide bonds. The third-order valence-electron chi connectivity index (χ3n) is 3.80. The molecule has 0 aliphatic rings. The highest BCUT2D eigenvalue weighted by molar-refractivity contribution is 5.96. The van der Waals surface area contributed by atoms with Gasteiger partial charge in [-0.2, -0.15) is 10.5 Å². The maximum atomic E-state index is 9.33. The van der Waals surface area contributed by atoms with E-state index in [9.17, 15) is 10.5 Å². The Morgan fingerprint density at radius 2 is 1.81 bits per heavy atom. The molecule has 1 aromatic carbocycles. The zero-order valence-corrected chi connectivity index (χ0v) is 12.7. The van der Waals surface area contributed by atoms with Crippen LogP contribution in [0.3, 0.4) is 0 Å². The fraction of sp³-hybridized carbons (Fsp3) is 0.353. The number of hydrogen-bond acceptors (Lipinski definition) is 4. The first-order valence-electron chi connectivity index (χ1n) is 6.87. The Morgan fingerprint density at radius 3 is 2.38 bits per heavy atom. The molecule has 0 radical (unpaired) electrons. The lowest BCUT2D eigenvalue weighted by Gasteiger charge is -2.29. The third-order valence-corrected chi connectivity index (χ3v) is 3.80. The summed E-state index contributed by atoms with van der Waals surface area (Å²) >= 11 is 0. The van der Waals surface area contributed by atoms with E-state index in [0.717, 1.165) is 11.1 Å². The standard InChI is InChI=1S/C17H18N4/c1-11(17(2,3)4)21-16-13(9-19)10-20-15-12(8-18)6-5-7-14(15)16/h5-7,10-11H,1-4H3,(H,20,21)/t11-/m1/s1. The zero-order valence-electron chi connectivity index (χ0n) is 12.7. The summed E-state index contributed by atoms with van der Waals surface area (Å²) in [5.41, 5.74) is 2.44. The predicted molar refractivity (Wildman–Crippen MR) is 83.7 cm³/mol. The first kappa shape index (κ1) is 14.8. The van der Waals surface area contributed by atoms with Gasteiger partial charge in [0, 0.05) is 17.6 Å². The van der Waals surface area contributed by atoms with Gasteiger partial charge in [-0.05, 0) is 18.4 Å². The van der Waals surface area contributed by atoms with E-state index in [1.54, 1.807) is 6.07 Å². The van der Waals surface area contributed by atoms with Crippen molar-refractivity contribution in [1.29, 1.82) is 10.5 Å². The second-order valence-electron chi connectivity index (χ2n) is 6.20. The number of fused-ring (bicyclic) bond motifs is 1. The Morgan fingerprint density at radius 1 is 1.14 bits per heavy atom. The molecule has 106 valence electrons. The van der Waals surface area contributed by atoms with Crippen LogP contribution < -0.4 is 5.32 Å². The van der Waals surface area contributed by atoms with E-state index in [-0.39, 0.29) is 11.5 Å². The molecule has 4 nitrogen and oxygen atoms in total. The number of para-hydroxylation sites is 1. The molecule has 4 heteroatoms. The molecule has 0 saturated carbocycles. The van der Waals surface area contributed by atoms with Gasteiger partial charge in [-0.3, -0.25) is 4.98 Å². The summed E-state index contributed by atoms with van der Waals surface area (Å²) in [5, 5.41) is 22.7. The number of benzene rings is 1. The second-order valence-corrected chi connectivity index (χ2v) is 6.20. The monoisotopic (exact) mass is 278 g/mol. The molecule has 0 spiro atoms. The van der Waals surface area contributed by atoms with Crippen molar-refractivity contribution in [3.8, 4) is 12.1 Å². The van der Waals surface area contributed by atoms with Crippen molar-refractivity contribution in [1.82, 2.24) is 4.98 Å². The molecule has 0 saturated heterocycles. The molecule has 2 aromatic rings. The largest absolute Gasteiger partial charge is 0.380 e. The second kappa shape index (κ2) is 5.42. The van der Waals surface area contributed by atoms with E-state index in [2.05, 4.69) is 50.1 Å². The molecule has 1 N–H and O–H groups in total. The molecular formula is C17H18N4. The minimum atomic E-state index is 0.0508. The van der Waals surface area contributed by atoms with Crippen molar-refractivity contribution in [3.05, 3.63) is 35.5 Å². The van der Waals surface area contributed by atoms with Crippen molar-refractivity contribution < 1.29 is 0 Å². The smallest absolute Gasteiger partial charge is 0.103 e. The predicted octanol–water partition coefficient (Wildman–Crippen LogP) is 3.82. The lowest BCUT2D eigenvalue weighted by atomic mass is 9.87. The number of anilines is 1. The van der Waals surface area contributed by atoms with Crippen LogP contribution in [0.4, 0.5) is 5.69 Å². The van der Waals surface area contributed by atoms with Crippen LogP contribution >= 0.6 is 0 Å². The first-order chi connectivity index (χ1) is 9.88. The zero-order chi connectivity index (χ0) is 15.6. The van der Waals surface area contributed by atoms with E-state index in [4.69, 9.17) is 0 Å². The highest BCUT2D eigenvalue weighted by Crippen LogP contribution is 2.31. The lowest BCUT2D eigenvalue weighted by Crippen LogP contribution is -2.31. The van der Waals surface area contributed by atoms with E-state index in [0.29, 0.717) is 16.6 Å². The fourth-order valence-electron chi connectivity index (χ4n) is 1.99. The number of hydrogen-bond donors (Lipinski definition) is 1. The van der Waals surface area contributed by atoms with Crippen LogP contribution in [0, 0.1) is 28.1 Å². The molecule has 1 atom stereocenters. The van der Waals surface area contributed by atoms with Crippen LogP contribution in [0.5, 0.6) is 0 Å². The van der Waals surface area contributed by atoms with E-state index >= 15 is 0 Å². The topological polar surface area (TPSA) is 72.5 Å². The van der Waals surface area contributed by atoms with Gasteiger partial charge in [0.2, 0.25) is 0 Å². The number of nitrogens with zero attached hydrogens (tertiary/aromatic N) is 3. The van der Waals surface area contributed by atoms with Crippen LogP contribution in [0.2, 0.25) is 0 Å². The average Bonchev–Trinajstić information content (AvgIpc) is 2.45. The summed E-state index contributed by atoms with van der Waals surface area (Å²) in [4.78, 5) is 4.27. The van der Waals surface area contributed by atoms with Crippen LogP contribution in [0.1, 0.15) is 38.8 Å². The van der Waals surface area contributed by atoms with E-state index in [1.165, 1.54) is 6.20 Å². The summed E-state index contributed by atoms with van der Waals surface area (Å²) in [6, 6.07) is 9.93. The van der Waals surface area contributed by atoms with Crippen LogP contribution in [0.15, 0.2) is 24.4 Å². The number of nitrogens with one attached hydrogen (secondary N) is 1. The normalized spacial score (nSPS) is 12.5. The van der Waals surface area contributed by atoms with Gasteiger partial charge < -0.3 is 5.32 Å². The van der Waals surface area contributed by atoms with Crippen molar-refractivity contribution in [3.63, 3.8) is 0 Å². The summed E-state index contributed by atoms with van der Waals surface area (Å²) in [7, 11) is 0. The van der Waals surface area contributed by atoms with Crippen LogP contribution in [-0.2, 0) is 0 Å². The van der Waals surface area contributed by atoms with E-state index in [1.807, 2.05) is 12.1 Å². The van der Waals surface area contributed by atoms with Crippen LogP contribution in [0.25, 0.3) is 10.9 Å². The molecule has 0 fully saturated rings. The molecule has 0 unspecified atom stereocenters. The minimum absolute atomic E-state index is 0.0508. The van der Waals surface area contributed by atoms with Crippen molar-refractivity contribution in [2.75, 3.05) is 5.32 Å². The summed E-state index contributed by atoms with van der Waals surface area (Å²) in [6.45, 7) is 8.50. The Hall–Kier alpha value is -2.59. The van der Waals surface area contributed by atoms with Gasteiger partial charge in [0.15, 0.2) is 0 Å². The highest BCUT2D eigenvalue weighted by Gasteiger charge is 2.22. The number of pyridine rings is 1. The van der Waals surface area contributed by atoms with Crippen molar-refractivity contribution >= 4 is 16.6 Å². The molecular weight excluding hydrogens is 260 g/mol.